The summed E-state index contributed by atoms with van der Waals surface area (Å²) < 4.78 is 28.6. The number of hydrogen-bond donors (Lipinski definition) is 3. The maximum atomic E-state index is 13.4. The Morgan fingerprint density at radius 3 is 2.50 bits per heavy atom. The Hall–Kier alpha value is -4.09. The summed E-state index contributed by atoms with van der Waals surface area (Å²) in [4.78, 5) is 19.2. The summed E-state index contributed by atoms with van der Waals surface area (Å²) in [6.45, 7) is -0.102. The smallest absolute Gasteiger partial charge is 0.322 e. The van der Waals surface area contributed by atoms with Crippen LogP contribution in [0.5, 0.6) is 0 Å². The number of nitrogens with zero attached hydrogens (tertiary/aromatic N) is 4. The number of carboxylic acid groups (broad SMARTS) is 1. The summed E-state index contributed by atoms with van der Waals surface area (Å²) in [6, 6.07) is 18.8. The van der Waals surface area contributed by atoms with Gasteiger partial charge in [-0.3, -0.25) is 10.1 Å². The van der Waals surface area contributed by atoms with E-state index in [4.69, 9.17) is 5.11 Å². The predicted octanol–water partition coefficient (Wildman–Crippen LogP) is 2.42. The SMILES string of the molecule is O=C(O)CNc1cccc(C(NCc2ccc(-n3cccn3)cc2)S(=O)(=O)c2ccccn2)n1. The van der Waals surface area contributed by atoms with Gasteiger partial charge in [-0.05, 0) is 48.0 Å². The molecule has 0 aliphatic carbocycles. The standard InChI is InChI=1S/C23H22N6O4S/c30-22(31)16-25-20-6-3-5-19(28-20)23(34(32,33)21-7-1-2-12-24-21)26-15-17-8-10-18(11-9-17)29-14-4-13-27-29/h1-14,23,26H,15-16H2,(H,25,28)(H,30,31). The second-order valence-electron chi connectivity index (χ2n) is 7.29. The lowest BCUT2D eigenvalue weighted by molar-refractivity contribution is -0.134. The van der Waals surface area contributed by atoms with Gasteiger partial charge in [0, 0.05) is 25.1 Å². The summed E-state index contributed by atoms with van der Waals surface area (Å²) in [5.74, 6) is -0.798. The molecule has 0 aliphatic heterocycles. The van der Waals surface area contributed by atoms with Gasteiger partial charge in [-0.15, -0.1) is 0 Å². The Kier molecular flexibility index (Phi) is 6.95. The largest absolute Gasteiger partial charge is 0.480 e. The molecule has 3 heterocycles. The van der Waals surface area contributed by atoms with Gasteiger partial charge in [-0.2, -0.15) is 5.10 Å². The van der Waals surface area contributed by atoms with E-state index in [1.54, 1.807) is 41.2 Å². The maximum Gasteiger partial charge on any atom is 0.322 e. The normalized spacial score (nSPS) is 12.2. The summed E-state index contributed by atoms with van der Waals surface area (Å²) in [7, 11) is -3.96. The van der Waals surface area contributed by atoms with E-state index in [1.807, 2.05) is 36.5 Å². The van der Waals surface area contributed by atoms with Gasteiger partial charge in [0.25, 0.3) is 0 Å². The number of carbonyl (C=O) groups is 1. The van der Waals surface area contributed by atoms with Crippen LogP contribution in [-0.2, 0) is 21.2 Å². The van der Waals surface area contributed by atoms with Crippen molar-refractivity contribution in [2.24, 2.45) is 0 Å². The first-order valence-corrected chi connectivity index (χ1v) is 11.9. The van der Waals surface area contributed by atoms with E-state index in [-0.39, 0.29) is 29.6 Å². The van der Waals surface area contributed by atoms with Crippen LogP contribution in [0.1, 0.15) is 16.6 Å². The number of sulfone groups is 1. The van der Waals surface area contributed by atoms with Crippen LogP contribution in [0, 0.1) is 0 Å². The fraction of sp³-hybridized carbons (Fsp3) is 0.130. The van der Waals surface area contributed by atoms with Crippen LogP contribution in [-0.4, -0.2) is 45.8 Å². The van der Waals surface area contributed by atoms with E-state index in [1.165, 1.54) is 12.3 Å². The monoisotopic (exact) mass is 478 g/mol. The molecule has 1 atom stereocenters. The third-order valence-electron chi connectivity index (χ3n) is 4.90. The zero-order valence-electron chi connectivity index (χ0n) is 17.9. The first-order valence-electron chi connectivity index (χ1n) is 10.3. The van der Waals surface area contributed by atoms with Gasteiger partial charge < -0.3 is 10.4 Å². The molecule has 4 aromatic rings. The second kappa shape index (κ2) is 10.2. The molecule has 0 bridgehead atoms. The second-order valence-corrected chi connectivity index (χ2v) is 9.27. The van der Waals surface area contributed by atoms with Crippen LogP contribution in [0.15, 0.2) is 90.3 Å². The van der Waals surface area contributed by atoms with Gasteiger partial charge in [0.1, 0.15) is 12.4 Å². The van der Waals surface area contributed by atoms with Crippen molar-refractivity contribution in [3.05, 3.63) is 96.6 Å². The number of benzene rings is 1. The molecule has 10 nitrogen and oxygen atoms in total. The lowest BCUT2D eigenvalue weighted by atomic mass is 10.2. The summed E-state index contributed by atoms with van der Waals surface area (Å²) >= 11 is 0. The van der Waals surface area contributed by atoms with E-state index >= 15 is 0 Å². The van der Waals surface area contributed by atoms with Gasteiger partial charge in [-0.1, -0.05) is 24.3 Å². The molecule has 0 amide bonds. The number of nitrogens with one attached hydrogen (secondary N) is 2. The first kappa shape index (κ1) is 23.1. The molecule has 0 saturated heterocycles. The Labute approximate surface area is 196 Å². The number of aromatic nitrogens is 4. The van der Waals surface area contributed by atoms with Gasteiger partial charge in [0.05, 0.1) is 11.4 Å². The highest BCUT2D eigenvalue weighted by Crippen LogP contribution is 2.26. The van der Waals surface area contributed by atoms with Crippen molar-refractivity contribution in [3.63, 3.8) is 0 Å². The highest BCUT2D eigenvalue weighted by Gasteiger charge is 2.31. The van der Waals surface area contributed by atoms with Crippen molar-refractivity contribution in [2.45, 2.75) is 16.9 Å². The molecular weight excluding hydrogens is 456 g/mol. The summed E-state index contributed by atoms with van der Waals surface area (Å²) in [6.07, 6.45) is 4.94. The topological polar surface area (TPSA) is 139 Å². The quantitative estimate of drug-likeness (QED) is 0.313. The zero-order valence-corrected chi connectivity index (χ0v) is 18.8. The Bertz CT molecular complexity index is 1340. The van der Waals surface area contributed by atoms with Crippen molar-refractivity contribution >= 4 is 21.6 Å². The van der Waals surface area contributed by atoms with Crippen LogP contribution in [0.3, 0.4) is 0 Å². The van der Waals surface area contributed by atoms with Crippen LogP contribution >= 0.6 is 0 Å². The van der Waals surface area contributed by atoms with Crippen molar-refractivity contribution in [2.75, 3.05) is 11.9 Å². The average molecular weight is 479 g/mol. The van der Waals surface area contributed by atoms with Gasteiger partial charge >= 0.3 is 5.97 Å². The number of carboxylic acids is 1. The van der Waals surface area contributed by atoms with E-state index in [0.717, 1.165) is 11.3 Å². The van der Waals surface area contributed by atoms with Crippen LogP contribution in [0.2, 0.25) is 0 Å². The first-order chi connectivity index (χ1) is 16.4. The molecule has 174 valence electrons. The number of rotatable bonds is 10. The predicted molar refractivity (Wildman–Crippen MR) is 125 cm³/mol. The van der Waals surface area contributed by atoms with Crippen LogP contribution in [0.4, 0.5) is 5.82 Å². The zero-order chi connectivity index (χ0) is 24.0. The molecule has 11 heteroatoms. The number of pyridine rings is 2. The molecule has 0 aliphatic rings. The minimum Gasteiger partial charge on any atom is -0.480 e. The fourth-order valence-corrected chi connectivity index (χ4v) is 4.74. The summed E-state index contributed by atoms with van der Waals surface area (Å²) in [5.41, 5.74) is 1.96. The third kappa shape index (κ3) is 5.45. The fourth-order valence-electron chi connectivity index (χ4n) is 3.27. The highest BCUT2D eigenvalue weighted by molar-refractivity contribution is 7.91. The molecular formula is C23H22N6O4S. The number of aliphatic carboxylic acids is 1. The minimum absolute atomic E-state index is 0.0905. The Balaban J connectivity index is 1.61. The van der Waals surface area contributed by atoms with E-state index in [2.05, 4.69) is 25.7 Å². The van der Waals surface area contributed by atoms with Gasteiger partial charge in [-0.25, -0.2) is 23.1 Å². The molecule has 3 aromatic heterocycles. The van der Waals surface area contributed by atoms with Gasteiger partial charge in [0.15, 0.2) is 10.4 Å². The molecule has 0 spiro atoms. The number of hydrogen-bond acceptors (Lipinski definition) is 8. The minimum atomic E-state index is -3.96. The molecule has 1 unspecified atom stereocenters. The summed E-state index contributed by atoms with van der Waals surface area (Å²) in [5, 5.41) is 17.6. The molecule has 0 fully saturated rings. The van der Waals surface area contributed by atoms with Gasteiger partial charge in [0.2, 0.25) is 9.84 Å². The lowest BCUT2D eigenvalue weighted by Crippen LogP contribution is -2.30. The van der Waals surface area contributed by atoms with Crippen molar-refractivity contribution < 1.29 is 18.3 Å². The molecule has 0 saturated carbocycles. The van der Waals surface area contributed by atoms with E-state index in [0.29, 0.717) is 0 Å². The van der Waals surface area contributed by atoms with Crippen LogP contribution < -0.4 is 10.6 Å². The Morgan fingerprint density at radius 1 is 1.00 bits per heavy atom. The third-order valence-corrected chi connectivity index (χ3v) is 6.75. The maximum absolute atomic E-state index is 13.4. The number of anilines is 1. The molecule has 0 radical (unpaired) electrons. The van der Waals surface area contributed by atoms with E-state index < -0.39 is 21.2 Å². The molecule has 34 heavy (non-hydrogen) atoms. The lowest BCUT2D eigenvalue weighted by Gasteiger charge is -2.19. The average Bonchev–Trinajstić information content (AvgIpc) is 3.39. The molecule has 4 rings (SSSR count). The highest BCUT2D eigenvalue weighted by atomic mass is 32.2. The van der Waals surface area contributed by atoms with Crippen molar-refractivity contribution in [1.82, 2.24) is 25.1 Å². The van der Waals surface area contributed by atoms with Crippen molar-refractivity contribution in [1.29, 1.82) is 0 Å². The molecule has 1 aromatic carbocycles. The van der Waals surface area contributed by atoms with Crippen LogP contribution in [0.25, 0.3) is 5.69 Å². The van der Waals surface area contributed by atoms with Crippen molar-refractivity contribution in [3.8, 4) is 5.69 Å². The molecule has 3 N–H and O–H groups in total. The Morgan fingerprint density at radius 2 is 1.82 bits per heavy atom. The van der Waals surface area contributed by atoms with E-state index in [9.17, 15) is 13.2 Å².